The summed E-state index contributed by atoms with van der Waals surface area (Å²) in [5.74, 6) is -0.178. The first-order valence-electron chi connectivity index (χ1n) is 22.3. The summed E-state index contributed by atoms with van der Waals surface area (Å²) >= 11 is 0. The lowest BCUT2D eigenvalue weighted by Gasteiger charge is -2.19. The maximum Gasteiger partial charge on any atom is 0.508 e. The number of hydrogen-bond acceptors (Lipinski definition) is 7. The van der Waals surface area contributed by atoms with Crippen LogP contribution >= 0.6 is 0 Å². The van der Waals surface area contributed by atoms with Crippen LogP contribution in [0.3, 0.4) is 0 Å². The van der Waals surface area contributed by atoms with E-state index < -0.39 is 6.16 Å². The van der Waals surface area contributed by atoms with Crippen molar-refractivity contribution in [2.45, 2.75) is 232 Å². The van der Waals surface area contributed by atoms with Gasteiger partial charge in [-0.3, -0.25) is 4.79 Å². The van der Waals surface area contributed by atoms with Crippen LogP contribution in [0.5, 0.6) is 0 Å². The molecule has 0 aliphatic carbocycles. The smallest absolute Gasteiger partial charge is 0.462 e. The van der Waals surface area contributed by atoms with Crippen LogP contribution in [-0.4, -0.2) is 68.7 Å². The predicted molar refractivity (Wildman–Crippen MR) is 225 cm³/mol. The lowest BCUT2D eigenvalue weighted by atomic mass is 10.0. The minimum Gasteiger partial charge on any atom is -0.462 e. The number of nitrogens with zero attached hydrogens (tertiary/aromatic N) is 1. The number of rotatable bonds is 38. The van der Waals surface area contributed by atoms with Gasteiger partial charge in [0.25, 0.3) is 0 Å². The average Bonchev–Trinajstić information content (AvgIpc) is 3.10. The molecule has 0 aromatic rings. The Hall–Kier alpha value is -1.86. The van der Waals surface area contributed by atoms with E-state index in [1.54, 1.807) is 0 Å². The zero-order valence-electron chi connectivity index (χ0n) is 36.0. The Morgan fingerprint density at radius 3 is 1.49 bits per heavy atom. The van der Waals surface area contributed by atoms with Crippen molar-refractivity contribution in [3.05, 3.63) is 24.3 Å². The highest BCUT2D eigenvalue weighted by Crippen LogP contribution is 2.19. The van der Waals surface area contributed by atoms with E-state index in [-0.39, 0.29) is 24.3 Å². The predicted octanol–water partition coefficient (Wildman–Crippen LogP) is 13.5. The molecule has 0 radical (unpaired) electrons. The van der Waals surface area contributed by atoms with Gasteiger partial charge in [-0.25, -0.2) is 4.79 Å². The maximum absolute atomic E-state index is 12.5. The van der Waals surface area contributed by atoms with Gasteiger partial charge < -0.3 is 23.8 Å². The highest BCUT2D eigenvalue weighted by atomic mass is 16.7. The molecule has 0 aromatic carbocycles. The fourth-order valence-electron chi connectivity index (χ4n) is 6.71. The molecule has 3 atom stereocenters. The first kappa shape index (κ1) is 51.1. The fraction of sp³-hybridized carbons (Fsp3) is 0.870. The number of carbonyl (C=O) groups is 2. The summed E-state index contributed by atoms with van der Waals surface area (Å²) in [6.45, 7) is 11.6. The van der Waals surface area contributed by atoms with E-state index >= 15 is 0 Å². The standard InChI is InChI=1S/C46H87NO6/c1-8-10-12-26-33-43(51-41(3)4)34-28-22-18-14-16-20-24-30-37-45(53-46(49)50-40-32-39-47(6)7)38-31-25-21-17-15-19-23-29-36-44(52-42(5)48)35-27-13-11-9-2/h22-23,28-29,41,43-45H,8-21,24-27,30-40H2,1-7H3/b28-22-,29-23-/t43-,44-,45?/m1/s1. The van der Waals surface area contributed by atoms with E-state index in [4.69, 9.17) is 18.9 Å². The first-order valence-corrected chi connectivity index (χ1v) is 22.3. The second kappa shape index (κ2) is 38.4. The monoisotopic (exact) mass is 750 g/mol. The molecule has 1 unspecified atom stereocenters. The lowest BCUT2D eigenvalue weighted by Crippen LogP contribution is -2.21. The van der Waals surface area contributed by atoms with Crippen molar-refractivity contribution in [3.63, 3.8) is 0 Å². The van der Waals surface area contributed by atoms with Gasteiger partial charge in [-0.15, -0.1) is 0 Å². The minimum absolute atomic E-state index is 0.0111. The number of allylic oxidation sites excluding steroid dienone is 2. The molecule has 0 saturated heterocycles. The number of hydrogen-bond donors (Lipinski definition) is 0. The summed E-state index contributed by atoms with van der Waals surface area (Å²) in [4.78, 5) is 26.0. The molecule has 7 nitrogen and oxygen atoms in total. The summed E-state index contributed by atoms with van der Waals surface area (Å²) in [6, 6.07) is 0. The lowest BCUT2D eigenvalue weighted by molar-refractivity contribution is -0.146. The van der Waals surface area contributed by atoms with Crippen LogP contribution in [-0.2, 0) is 23.7 Å². The molecule has 0 aromatic heterocycles. The van der Waals surface area contributed by atoms with Crippen LogP contribution in [0, 0.1) is 0 Å². The summed E-state index contributed by atoms with van der Waals surface area (Å²) in [7, 11) is 4.05. The number of unbranched alkanes of at least 4 members (excludes halogenated alkanes) is 16. The Morgan fingerprint density at radius 2 is 1.00 bits per heavy atom. The van der Waals surface area contributed by atoms with Crippen LogP contribution in [0.4, 0.5) is 4.79 Å². The van der Waals surface area contributed by atoms with Gasteiger partial charge in [0.1, 0.15) is 12.2 Å². The highest BCUT2D eigenvalue weighted by Gasteiger charge is 2.16. The molecule has 312 valence electrons. The third kappa shape index (κ3) is 38.2. The van der Waals surface area contributed by atoms with Gasteiger partial charge in [-0.1, -0.05) is 122 Å². The summed E-state index contributed by atoms with van der Waals surface area (Å²) in [6.07, 6.45) is 39.8. The van der Waals surface area contributed by atoms with Crippen LogP contribution in [0.15, 0.2) is 24.3 Å². The van der Waals surface area contributed by atoms with E-state index in [0.717, 1.165) is 83.6 Å². The largest absolute Gasteiger partial charge is 0.508 e. The molecule has 53 heavy (non-hydrogen) atoms. The van der Waals surface area contributed by atoms with Crippen molar-refractivity contribution >= 4 is 12.1 Å². The van der Waals surface area contributed by atoms with Crippen molar-refractivity contribution in [1.82, 2.24) is 4.90 Å². The Balaban J connectivity index is 4.39. The maximum atomic E-state index is 12.5. The van der Waals surface area contributed by atoms with Gasteiger partial charge in [0.15, 0.2) is 0 Å². The zero-order chi connectivity index (χ0) is 39.2. The van der Waals surface area contributed by atoms with Crippen LogP contribution in [0.1, 0.15) is 208 Å². The highest BCUT2D eigenvalue weighted by molar-refractivity contribution is 5.66. The minimum atomic E-state index is -0.508. The number of carbonyl (C=O) groups excluding carboxylic acids is 2. The van der Waals surface area contributed by atoms with Gasteiger partial charge in [0.05, 0.1) is 18.8 Å². The normalized spacial score (nSPS) is 13.7. The molecule has 0 amide bonds. The third-order valence-electron chi connectivity index (χ3n) is 9.71. The SMILES string of the molecule is CCCCCC[C@H](C/C=C\CCCCCCCC(CCCCCCC/C=C\C[C@@H](CCCCCC)OC(C)C)OC(=O)OCCCN(C)C)OC(C)=O. The molecule has 0 fully saturated rings. The summed E-state index contributed by atoms with van der Waals surface area (Å²) < 4.78 is 22.9. The molecule has 0 spiro atoms. The molecule has 0 bridgehead atoms. The average molecular weight is 750 g/mol. The van der Waals surface area contributed by atoms with Crippen molar-refractivity contribution < 1.29 is 28.5 Å². The van der Waals surface area contributed by atoms with Gasteiger partial charge in [-0.2, -0.15) is 0 Å². The molecular formula is C46H87NO6. The summed E-state index contributed by atoms with van der Waals surface area (Å²) in [5.41, 5.74) is 0. The van der Waals surface area contributed by atoms with Crippen LogP contribution < -0.4 is 0 Å². The van der Waals surface area contributed by atoms with Crippen LogP contribution in [0.2, 0.25) is 0 Å². The molecule has 0 N–H and O–H groups in total. The molecule has 0 aliphatic heterocycles. The molecule has 0 aliphatic rings. The van der Waals surface area contributed by atoms with Crippen molar-refractivity contribution in [3.8, 4) is 0 Å². The topological polar surface area (TPSA) is 74.3 Å². The van der Waals surface area contributed by atoms with Crippen molar-refractivity contribution in [2.24, 2.45) is 0 Å². The molecule has 0 rings (SSSR count). The zero-order valence-corrected chi connectivity index (χ0v) is 36.0. The van der Waals surface area contributed by atoms with E-state index in [1.807, 2.05) is 14.1 Å². The second-order valence-corrected chi connectivity index (χ2v) is 15.8. The molecule has 0 saturated carbocycles. The Bertz CT molecular complexity index is 872. The molecule has 0 heterocycles. The number of esters is 1. The van der Waals surface area contributed by atoms with E-state index in [2.05, 4.69) is 56.9 Å². The number of ether oxygens (including phenoxy) is 4. The first-order chi connectivity index (χ1) is 25.7. The Morgan fingerprint density at radius 1 is 0.547 bits per heavy atom. The fourth-order valence-corrected chi connectivity index (χ4v) is 6.71. The summed E-state index contributed by atoms with van der Waals surface area (Å²) in [5, 5.41) is 0. The quantitative estimate of drug-likeness (QED) is 0.0353. The molecule has 7 heteroatoms. The van der Waals surface area contributed by atoms with Crippen LogP contribution in [0.25, 0.3) is 0 Å². The van der Waals surface area contributed by atoms with Gasteiger partial charge in [0, 0.05) is 19.9 Å². The van der Waals surface area contributed by atoms with Gasteiger partial charge >= 0.3 is 12.1 Å². The van der Waals surface area contributed by atoms with E-state index in [1.165, 1.54) is 103 Å². The van der Waals surface area contributed by atoms with Gasteiger partial charge in [-0.05, 0) is 111 Å². The van der Waals surface area contributed by atoms with E-state index in [0.29, 0.717) is 12.7 Å². The molecular weight excluding hydrogens is 663 g/mol. The van der Waals surface area contributed by atoms with Crippen molar-refractivity contribution in [1.29, 1.82) is 0 Å². The van der Waals surface area contributed by atoms with E-state index in [9.17, 15) is 9.59 Å². The van der Waals surface area contributed by atoms with Gasteiger partial charge in [0.2, 0.25) is 0 Å². The second-order valence-electron chi connectivity index (χ2n) is 15.8. The Labute approximate surface area is 328 Å². The van der Waals surface area contributed by atoms with Crippen molar-refractivity contribution in [2.75, 3.05) is 27.2 Å². The third-order valence-corrected chi connectivity index (χ3v) is 9.71. The Kier molecular flexibility index (Phi) is 37.1.